The zero-order valence-corrected chi connectivity index (χ0v) is 18.6. The summed E-state index contributed by atoms with van der Waals surface area (Å²) in [6.07, 6.45) is 6.23. The quantitative estimate of drug-likeness (QED) is 0.423. The van der Waals surface area contributed by atoms with Gasteiger partial charge in [-0.05, 0) is 60.8 Å². The number of nitrogens with two attached hydrogens (primary N) is 1. The van der Waals surface area contributed by atoms with Crippen LogP contribution in [-0.4, -0.2) is 33.0 Å². The summed E-state index contributed by atoms with van der Waals surface area (Å²) in [5.41, 5.74) is 9.25. The largest absolute Gasteiger partial charge is 0.329 e. The summed E-state index contributed by atoms with van der Waals surface area (Å²) < 4.78 is 11.2. The van der Waals surface area contributed by atoms with Crippen LogP contribution < -0.4 is 5.73 Å². The van der Waals surface area contributed by atoms with Crippen LogP contribution in [0.25, 0.3) is 0 Å². The van der Waals surface area contributed by atoms with E-state index in [9.17, 15) is 14.4 Å². The van der Waals surface area contributed by atoms with E-state index in [0.29, 0.717) is 17.6 Å². The number of nitrogens with zero attached hydrogens (tertiary/aromatic N) is 1. The van der Waals surface area contributed by atoms with E-state index in [1.165, 1.54) is 10.5 Å². The van der Waals surface area contributed by atoms with E-state index in [1.807, 2.05) is 24.3 Å². The van der Waals surface area contributed by atoms with Crippen molar-refractivity contribution in [2.75, 3.05) is 6.26 Å². The molecule has 1 saturated carbocycles. The molecule has 0 aliphatic heterocycles. The van der Waals surface area contributed by atoms with E-state index in [0.717, 1.165) is 44.3 Å². The second kappa shape index (κ2) is 10.3. The zero-order chi connectivity index (χ0) is 20.9. The van der Waals surface area contributed by atoms with Crippen molar-refractivity contribution in [2.24, 2.45) is 5.73 Å². The van der Waals surface area contributed by atoms with Gasteiger partial charge in [-0.3, -0.25) is 9.46 Å². The lowest BCUT2D eigenvalue weighted by molar-refractivity contribution is 0.134. The molecule has 3 rings (SSSR count). The minimum atomic E-state index is -4.03. The maximum absolute atomic E-state index is 11.2. The number of hydrogen-bond acceptors (Lipinski definition) is 4. The molecule has 0 unspecified atom stereocenters. The van der Waals surface area contributed by atoms with Gasteiger partial charge in [0.1, 0.15) is 0 Å². The van der Waals surface area contributed by atoms with Crippen molar-refractivity contribution in [1.82, 2.24) is 4.90 Å². The molecule has 4 N–H and O–H groups in total. The van der Waals surface area contributed by atoms with Crippen LogP contribution in [0.5, 0.6) is 0 Å². The summed E-state index contributed by atoms with van der Waals surface area (Å²) >= 11 is 1.75. The van der Waals surface area contributed by atoms with Gasteiger partial charge in [-0.2, -0.15) is 0 Å². The average Bonchev–Trinajstić information content (AvgIpc) is 2.69. The monoisotopic (exact) mass is 434 g/mol. The molecule has 158 valence electrons. The second-order valence-corrected chi connectivity index (χ2v) is 10.5. The molecule has 0 atom stereocenters. The highest BCUT2D eigenvalue weighted by molar-refractivity contribution is 7.98. The van der Waals surface area contributed by atoms with Gasteiger partial charge in [0.15, 0.2) is 0 Å². The Morgan fingerprint density at radius 2 is 1.41 bits per heavy atom. The Morgan fingerprint density at radius 3 is 1.90 bits per heavy atom. The number of benzene rings is 2. The van der Waals surface area contributed by atoms with Crippen LogP contribution in [0, 0.1) is 0 Å². The van der Waals surface area contributed by atoms with Crippen molar-refractivity contribution in [1.29, 1.82) is 0 Å². The van der Waals surface area contributed by atoms with E-state index < -0.39 is 7.60 Å². The minimum absolute atomic E-state index is 0.209. The molecule has 2 aromatic carbocycles. The first-order valence-corrected chi connectivity index (χ1v) is 13.1. The first-order valence-electron chi connectivity index (χ1n) is 10.1. The van der Waals surface area contributed by atoms with Crippen LogP contribution in [0.1, 0.15) is 42.4 Å². The maximum atomic E-state index is 11.2. The van der Waals surface area contributed by atoms with Crippen molar-refractivity contribution < 1.29 is 14.4 Å². The van der Waals surface area contributed by atoms with Crippen LogP contribution in [-0.2, 0) is 23.8 Å². The molecular weight excluding hydrogens is 403 g/mol. The van der Waals surface area contributed by atoms with Gasteiger partial charge in [-0.25, -0.2) is 0 Å². The number of rotatable bonds is 8. The van der Waals surface area contributed by atoms with Gasteiger partial charge in [0, 0.05) is 30.1 Å². The first-order chi connectivity index (χ1) is 13.8. The van der Waals surface area contributed by atoms with E-state index in [4.69, 9.17) is 5.73 Å². The summed E-state index contributed by atoms with van der Waals surface area (Å²) in [5, 5.41) is 0. The summed E-state index contributed by atoms with van der Waals surface area (Å²) in [7, 11) is -4.03. The van der Waals surface area contributed by atoms with Gasteiger partial charge in [0.05, 0.1) is 6.16 Å². The Morgan fingerprint density at radius 1 is 0.931 bits per heavy atom. The fraction of sp³-hybridized carbons (Fsp3) is 0.455. The number of thioether (sulfide) groups is 1. The van der Waals surface area contributed by atoms with Crippen molar-refractivity contribution in [3.05, 3.63) is 65.2 Å². The Balaban J connectivity index is 1.72. The Kier molecular flexibility index (Phi) is 7.97. The van der Waals surface area contributed by atoms with Crippen molar-refractivity contribution in [3.8, 4) is 0 Å². The fourth-order valence-electron chi connectivity index (χ4n) is 3.97. The minimum Gasteiger partial charge on any atom is -0.328 e. The van der Waals surface area contributed by atoms with Crippen molar-refractivity contribution >= 4 is 19.4 Å². The van der Waals surface area contributed by atoms with Crippen molar-refractivity contribution in [3.63, 3.8) is 0 Å². The molecule has 0 amide bonds. The lowest BCUT2D eigenvalue weighted by Crippen LogP contribution is -2.40. The summed E-state index contributed by atoms with van der Waals surface area (Å²) in [4.78, 5) is 22.1. The third-order valence-corrected chi connectivity index (χ3v) is 7.12. The highest BCUT2D eigenvalue weighted by Crippen LogP contribution is 2.39. The molecule has 0 aromatic heterocycles. The normalized spacial score (nSPS) is 20.2. The summed E-state index contributed by atoms with van der Waals surface area (Å²) in [6.45, 7) is 1.71. The van der Waals surface area contributed by atoms with Crippen LogP contribution >= 0.6 is 19.4 Å². The average molecular weight is 435 g/mol. The molecular formula is C22H31N2O3PS. The van der Waals surface area contributed by atoms with Crippen LogP contribution in [0.2, 0.25) is 0 Å². The third kappa shape index (κ3) is 7.25. The molecule has 1 aliphatic rings. The van der Waals surface area contributed by atoms with Gasteiger partial charge in [-0.1, -0.05) is 36.4 Å². The standard InChI is InChI=1S/C22H31N2O3PS/c1-29-22-12-6-18(7-13-22)15-24(21-10-8-20(23)9-11-21)14-17-2-4-19(5-3-17)16-28(25,26)27/h2-7,12-13,20-21H,8-11,14-16,23H2,1H3,(H2,25,26,27). The lowest BCUT2D eigenvalue weighted by atomic mass is 9.90. The Labute approximate surface area is 177 Å². The van der Waals surface area contributed by atoms with Crippen LogP contribution in [0.15, 0.2) is 53.4 Å². The van der Waals surface area contributed by atoms with E-state index >= 15 is 0 Å². The van der Waals surface area contributed by atoms with Crippen LogP contribution in [0.3, 0.4) is 0 Å². The highest BCUT2D eigenvalue weighted by Gasteiger charge is 2.24. The van der Waals surface area contributed by atoms with Gasteiger partial charge < -0.3 is 15.5 Å². The van der Waals surface area contributed by atoms with Gasteiger partial charge in [0.2, 0.25) is 0 Å². The molecule has 0 spiro atoms. The zero-order valence-electron chi connectivity index (χ0n) is 16.9. The predicted octanol–water partition coefficient (Wildman–Crippen LogP) is 4.36. The Hall–Kier alpha value is -1.14. The van der Waals surface area contributed by atoms with E-state index in [-0.39, 0.29) is 6.16 Å². The number of hydrogen-bond donors (Lipinski definition) is 3. The van der Waals surface area contributed by atoms with E-state index in [1.54, 1.807) is 11.8 Å². The maximum Gasteiger partial charge on any atom is 0.329 e. The Bertz CT molecular complexity index is 815. The predicted molar refractivity (Wildman–Crippen MR) is 120 cm³/mol. The molecule has 29 heavy (non-hydrogen) atoms. The highest BCUT2D eigenvalue weighted by atomic mass is 32.2. The molecule has 2 aromatic rings. The molecule has 1 aliphatic carbocycles. The van der Waals surface area contributed by atoms with Crippen molar-refractivity contribution in [2.45, 2.75) is 61.9 Å². The van der Waals surface area contributed by atoms with Gasteiger partial charge in [0.25, 0.3) is 0 Å². The smallest absolute Gasteiger partial charge is 0.328 e. The third-order valence-electron chi connectivity index (χ3n) is 5.60. The molecule has 0 bridgehead atoms. The molecule has 0 heterocycles. The molecule has 0 saturated heterocycles. The first kappa shape index (κ1) is 22.5. The summed E-state index contributed by atoms with van der Waals surface area (Å²) in [6, 6.07) is 17.2. The fourth-order valence-corrected chi connectivity index (χ4v) is 5.06. The molecule has 0 radical (unpaired) electrons. The van der Waals surface area contributed by atoms with Gasteiger partial charge in [-0.15, -0.1) is 11.8 Å². The SMILES string of the molecule is CSc1ccc(CN(Cc2ccc(CP(=O)(O)O)cc2)C2CCC(N)CC2)cc1. The lowest BCUT2D eigenvalue weighted by Gasteiger charge is -2.36. The molecule has 5 nitrogen and oxygen atoms in total. The van der Waals surface area contributed by atoms with Gasteiger partial charge >= 0.3 is 7.60 Å². The molecule has 7 heteroatoms. The second-order valence-electron chi connectivity index (χ2n) is 7.96. The van der Waals surface area contributed by atoms with Crippen LogP contribution in [0.4, 0.5) is 0 Å². The van der Waals surface area contributed by atoms with E-state index in [2.05, 4.69) is 35.4 Å². The topological polar surface area (TPSA) is 86.8 Å². The molecule has 1 fully saturated rings. The summed E-state index contributed by atoms with van der Waals surface area (Å²) in [5.74, 6) is 0.